The van der Waals surface area contributed by atoms with Crippen molar-refractivity contribution in [1.82, 2.24) is 19.9 Å². The average molecular weight is 269 g/mol. The summed E-state index contributed by atoms with van der Waals surface area (Å²) in [4.78, 5) is 4.39. The molecule has 3 rings (SSSR count). The predicted octanol–water partition coefficient (Wildman–Crippen LogP) is 1.94. The van der Waals surface area contributed by atoms with Crippen molar-refractivity contribution in [1.29, 1.82) is 0 Å². The van der Waals surface area contributed by atoms with Crippen LogP contribution in [0.2, 0.25) is 5.02 Å². The van der Waals surface area contributed by atoms with Gasteiger partial charge in [-0.1, -0.05) is 16.8 Å². The molecule has 6 nitrogen and oxygen atoms in total. The van der Waals surface area contributed by atoms with Gasteiger partial charge in [0.2, 0.25) is 0 Å². The van der Waals surface area contributed by atoms with Gasteiger partial charge in [-0.2, -0.15) is 10.1 Å². The lowest BCUT2D eigenvalue weighted by Gasteiger charge is -1.98. The fraction of sp³-hybridized carbons (Fsp3) is 0.545. The minimum Gasteiger partial charge on any atom is -0.381 e. The second-order valence-electron chi connectivity index (χ2n) is 4.39. The zero-order valence-corrected chi connectivity index (χ0v) is 10.9. The normalized spacial score (nSPS) is 19.6. The molecule has 1 atom stereocenters. The molecule has 7 heteroatoms. The third-order valence-electron chi connectivity index (χ3n) is 3.09. The van der Waals surface area contributed by atoms with Gasteiger partial charge in [0, 0.05) is 19.6 Å². The Morgan fingerprint density at radius 3 is 2.89 bits per heavy atom. The van der Waals surface area contributed by atoms with Gasteiger partial charge in [-0.3, -0.25) is 4.68 Å². The number of nitrogens with zero attached hydrogens (tertiary/aromatic N) is 4. The number of rotatable bonds is 2. The van der Waals surface area contributed by atoms with Crippen molar-refractivity contribution in [2.24, 2.45) is 7.05 Å². The van der Waals surface area contributed by atoms with Crippen LogP contribution >= 0.6 is 11.6 Å². The molecule has 0 amide bonds. The third-order valence-corrected chi connectivity index (χ3v) is 3.54. The highest BCUT2D eigenvalue weighted by molar-refractivity contribution is 6.33. The van der Waals surface area contributed by atoms with Crippen molar-refractivity contribution in [3.05, 3.63) is 16.5 Å². The zero-order valence-electron chi connectivity index (χ0n) is 10.2. The summed E-state index contributed by atoms with van der Waals surface area (Å²) in [6, 6.07) is 0. The van der Waals surface area contributed by atoms with Gasteiger partial charge in [0.15, 0.2) is 5.82 Å². The quantitative estimate of drug-likeness (QED) is 0.833. The number of hydrogen-bond donors (Lipinski definition) is 0. The van der Waals surface area contributed by atoms with E-state index in [4.69, 9.17) is 20.9 Å². The molecular weight excluding hydrogens is 256 g/mol. The standard InChI is InChI=1S/C11H13ClN4O2/c1-6-8(12)9(16(2)14-6)11-13-10(15-18-11)7-3-4-17-5-7/h7H,3-5H2,1-2H3. The van der Waals surface area contributed by atoms with Gasteiger partial charge in [0.05, 0.1) is 17.3 Å². The third kappa shape index (κ3) is 1.81. The Morgan fingerprint density at radius 1 is 1.44 bits per heavy atom. The molecule has 0 N–H and O–H groups in total. The van der Waals surface area contributed by atoms with Gasteiger partial charge in [-0.05, 0) is 13.3 Å². The van der Waals surface area contributed by atoms with Crippen LogP contribution in [-0.2, 0) is 11.8 Å². The highest BCUT2D eigenvalue weighted by Crippen LogP contribution is 2.30. The van der Waals surface area contributed by atoms with Crippen molar-refractivity contribution in [2.75, 3.05) is 13.2 Å². The molecule has 0 saturated carbocycles. The second kappa shape index (κ2) is 4.37. The number of aryl methyl sites for hydroxylation is 2. The van der Waals surface area contributed by atoms with E-state index < -0.39 is 0 Å². The molecule has 96 valence electrons. The van der Waals surface area contributed by atoms with Gasteiger partial charge in [-0.25, -0.2) is 0 Å². The van der Waals surface area contributed by atoms with Crippen LogP contribution in [0.5, 0.6) is 0 Å². The summed E-state index contributed by atoms with van der Waals surface area (Å²) in [6.45, 7) is 3.24. The fourth-order valence-electron chi connectivity index (χ4n) is 2.10. The number of aromatic nitrogens is 4. The summed E-state index contributed by atoms with van der Waals surface area (Å²) in [5, 5.41) is 8.78. The topological polar surface area (TPSA) is 66.0 Å². The van der Waals surface area contributed by atoms with E-state index in [0.29, 0.717) is 29.0 Å². The van der Waals surface area contributed by atoms with Crippen molar-refractivity contribution in [2.45, 2.75) is 19.3 Å². The van der Waals surface area contributed by atoms with Gasteiger partial charge in [0.1, 0.15) is 5.69 Å². The summed E-state index contributed by atoms with van der Waals surface area (Å²) in [5.41, 5.74) is 1.41. The van der Waals surface area contributed by atoms with Crippen molar-refractivity contribution in [3.8, 4) is 11.6 Å². The van der Waals surface area contributed by atoms with Crippen LogP contribution in [0.1, 0.15) is 23.9 Å². The fourth-order valence-corrected chi connectivity index (χ4v) is 2.34. The molecule has 1 aliphatic rings. The molecule has 0 spiro atoms. The number of halogens is 1. The second-order valence-corrected chi connectivity index (χ2v) is 4.77. The smallest absolute Gasteiger partial charge is 0.277 e. The lowest BCUT2D eigenvalue weighted by molar-refractivity contribution is 0.192. The van der Waals surface area contributed by atoms with Crippen LogP contribution in [0.15, 0.2) is 4.52 Å². The number of ether oxygens (including phenoxy) is 1. The molecule has 18 heavy (non-hydrogen) atoms. The van der Waals surface area contributed by atoms with E-state index in [-0.39, 0.29) is 5.92 Å². The monoisotopic (exact) mass is 268 g/mol. The summed E-state index contributed by atoms with van der Waals surface area (Å²) in [5.74, 6) is 1.30. The van der Waals surface area contributed by atoms with Gasteiger partial charge < -0.3 is 9.26 Å². The largest absolute Gasteiger partial charge is 0.381 e. The predicted molar refractivity (Wildman–Crippen MR) is 64.4 cm³/mol. The molecule has 2 aromatic heterocycles. The lowest BCUT2D eigenvalue weighted by atomic mass is 10.1. The summed E-state index contributed by atoms with van der Waals surface area (Å²) in [6.07, 6.45) is 0.928. The minimum atomic E-state index is 0.218. The Hall–Kier alpha value is -1.40. The Balaban J connectivity index is 1.97. The molecule has 1 aliphatic heterocycles. The molecule has 1 fully saturated rings. The summed E-state index contributed by atoms with van der Waals surface area (Å²) >= 11 is 6.18. The van der Waals surface area contributed by atoms with E-state index >= 15 is 0 Å². The summed E-state index contributed by atoms with van der Waals surface area (Å²) in [7, 11) is 1.80. The first-order valence-corrected chi connectivity index (χ1v) is 6.15. The van der Waals surface area contributed by atoms with E-state index in [2.05, 4.69) is 15.2 Å². The molecule has 0 aromatic carbocycles. The molecule has 2 aromatic rings. The van der Waals surface area contributed by atoms with Crippen molar-refractivity contribution in [3.63, 3.8) is 0 Å². The molecule has 1 unspecified atom stereocenters. The van der Waals surface area contributed by atoms with E-state index in [1.54, 1.807) is 11.7 Å². The van der Waals surface area contributed by atoms with Crippen LogP contribution in [-0.4, -0.2) is 33.1 Å². The first kappa shape index (κ1) is 11.7. The van der Waals surface area contributed by atoms with Gasteiger partial charge >= 0.3 is 0 Å². The zero-order chi connectivity index (χ0) is 12.7. The van der Waals surface area contributed by atoms with Crippen LogP contribution in [0.3, 0.4) is 0 Å². The SMILES string of the molecule is Cc1nn(C)c(-c2nc(C3CCOC3)no2)c1Cl. The van der Waals surface area contributed by atoms with Gasteiger partial charge in [-0.15, -0.1) is 0 Å². The molecule has 0 radical (unpaired) electrons. The van der Waals surface area contributed by atoms with E-state index in [9.17, 15) is 0 Å². The highest BCUT2D eigenvalue weighted by atomic mass is 35.5. The van der Waals surface area contributed by atoms with Crippen LogP contribution in [0.25, 0.3) is 11.6 Å². The first-order valence-electron chi connectivity index (χ1n) is 5.77. The molecule has 0 aliphatic carbocycles. The van der Waals surface area contributed by atoms with Crippen LogP contribution in [0, 0.1) is 6.92 Å². The van der Waals surface area contributed by atoms with Crippen LogP contribution in [0.4, 0.5) is 0 Å². The molecule has 0 bridgehead atoms. The van der Waals surface area contributed by atoms with Gasteiger partial charge in [0.25, 0.3) is 5.89 Å². The first-order chi connectivity index (χ1) is 8.66. The maximum absolute atomic E-state index is 6.18. The van der Waals surface area contributed by atoms with E-state index in [1.165, 1.54) is 0 Å². The maximum Gasteiger partial charge on any atom is 0.277 e. The molecule has 3 heterocycles. The van der Waals surface area contributed by atoms with Crippen LogP contribution < -0.4 is 0 Å². The van der Waals surface area contributed by atoms with Crippen molar-refractivity contribution < 1.29 is 9.26 Å². The Labute approximate surface area is 109 Å². The molecule has 1 saturated heterocycles. The number of hydrogen-bond acceptors (Lipinski definition) is 5. The van der Waals surface area contributed by atoms with E-state index in [1.807, 2.05) is 6.92 Å². The van der Waals surface area contributed by atoms with E-state index in [0.717, 1.165) is 18.7 Å². The lowest BCUT2D eigenvalue weighted by Crippen LogP contribution is -2.00. The highest BCUT2D eigenvalue weighted by Gasteiger charge is 2.25. The van der Waals surface area contributed by atoms with Crippen molar-refractivity contribution >= 4 is 11.6 Å². The Kier molecular flexibility index (Phi) is 2.83. The Morgan fingerprint density at radius 2 is 2.28 bits per heavy atom. The Bertz CT molecular complexity index is 572. The minimum absolute atomic E-state index is 0.218. The molecular formula is C11H13ClN4O2. The average Bonchev–Trinajstić information content (AvgIpc) is 3.01. The summed E-state index contributed by atoms with van der Waals surface area (Å²) < 4.78 is 12.2. The maximum atomic E-state index is 6.18.